The van der Waals surface area contributed by atoms with E-state index in [0.29, 0.717) is 17.8 Å². The van der Waals surface area contributed by atoms with Crippen LogP contribution in [0.25, 0.3) is 0 Å². The number of anilines is 2. The third kappa shape index (κ3) is 6.07. The topological polar surface area (TPSA) is 92.8 Å². The molecule has 3 aromatic carbocycles. The molecule has 1 saturated heterocycles. The molecule has 2 amide bonds. The van der Waals surface area contributed by atoms with Gasteiger partial charge in [0, 0.05) is 34.4 Å². The summed E-state index contributed by atoms with van der Waals surface area (Å²) in [4.78, 5) is 51.4. The van der Waals surface area contributed by atoms with Crippen molar-refractivity contribution in [1.82, 2.24) is 0 Å². The molecule has 0 saturated carbocycles. The third-order valence-electron chi connectivity index (χ3n) is 6.04. The maximum Gasteiger partial charge on any atom is 0.338 e. The number of rotatable bonds is 8. The number of hydrogen-bond donors (Lipinski definition) is 1. The molecule has 1 aliphatic rings. The average molecular weight is 549 g/mol. The van der Waals surface area contributed by atoms with Crippen molar-refractivity contribution in [3.8, 4) is 0 Å². The Kier molecular flexibility index (Phi) is 7.95. The molecule has 1 aliphatic heterocycles. The standard InChI is InChI=1S/C28H25BrN2O5/c1-2-18-3-13-24(14-4-18)31-16-21(15-26(31)33)27(34)30-23-11-7-20(8-12-23)28(35)36-17-25(32)19-5-9-22(29)10-6-19/h3-14,21H,2,15-17H2,1H3,(H,30,34)/t21-/m0/s1. The van der Waals surface area contributed by atoms with E-state index in [2.05, 4.69) is 28.2 Å². The summed E-state index contributed by atoms with van der Waals surface area (Å²) in [7, 11) is 0. The lowest BCUT2D eigenvalue weighted by atomic mass is 10.1. The second-order valence-electron chi connectivity index (χ2n) is 8.50. The van der Waals surface area contributed by atoms with Gasteiger partial charge in [0.1, 0.15) is 0 Å². The van der Waals surface area contributed by atoms with Crippen LogP contribution in [0.2, 0.25) is 0 Å². The molecule has 184 valence electrons. The van der Waals surface area contributed by atoms with E-state index in [1.54, 1.807) is 41.3 Å². The van der Waals surface area contributed by atoms with E-state index < -0.39 is 11.9 Å². The second kappa shape index (κ2) is 11.3. The molecule has 3 aromatic rings. The smallest absolute Gasteiger partial charge is 0.338 e. The largest absolute Gasteiger partial charge is 0.454 e. The Morgan fingerprint density at radius 1 is 0.944 bits per heavy atom. The van der Waals surface area contributed by atoms with Crippen LogP contribution >= 0.6 is 15.9 Å². The molecule has 8 heteroatoms. The first-order valence-electron chi connectivity index (χ1n) is 11.6. The molecule has 4 rings (SSSR count). The highest BCUT2D eigenvalue weighted by molar-refractivity contribution is 9.10. The van der Waals surface area contributed by atoms with E-state index in [4.69, 9.17) is 4.74 Å². The number of amides is 2. The lowest BCUT2D eigenvalue weighted by molar-refractivity contribution is -0.122. The van der Waals surface area contributed by atoms with Gasteiger partial charge in [0.15, 0.2) is 12.4 Å². The van der Waals surface area contributed by atoms with E-state index in [1.807, 2.05) is 24.3 Å². The Morgan fingerprint density at radius 3 is 2.22 bits per heavy atom. The summed E-state index contributed by atoms with van der Waals surface area (Å²) in [5.74, 6) is -1.76. The van der Waals surface area contributed by atoms with Gasteiger partial charge in [-0.2, -0.15) is 0 Å². The number of aryl methyl sites for hydroxylation is 1. The minimum Gasteiger partial charge on any atom is -0.454 e. The highest BCUT2D eigenvalue weighted by Gasteiger charge is 2.35. The summed E-state index contributed by atoms with van der Waals surface area (Å²) in [6, 6.07) is 20.8. The summed E-state index contributed by atoms with van der Waals surface area (Å²) in [5.41, 5.74) is 3.18. The van der Waals surface area contributed by atoms with Crippen molar-refractivity contribution >= 4 is 50.9 Å². The monoisotopic (exact) mass is 548 g/mol. The number of ketones is 1. The number of ether oxygens (including phenoxy) is 1. The first-order chi connectivity index (χ1) is 17.3. The fourth-order valence-electron chi connectivity index (χ4n) is 3.91. The summed E-state index contributed by atoms with van der Waals surface area (Å²) < 4.78 is 5.98. The van der Waals surface area contributed by atoms with Gasteiger partial charge in [0.05, 0.1) is 11.5 Å². The van der Waals surface area contributed by atoms with E-state index in [-0.39, 0.29) is 36.2 Å². The number of benzene rings is 3. The molecular weight excluding hydrogens is 524 g/mol. The van der Waals surface area contributed by atoms with Crippen LogP contribution in [-0.2, 0) is 20.7 Å². The van der Waals surface area contributed by atoms with Crippen LogP contribution in [0.1, 0.15) is 39.6 Å². The van der Waals surface area contributed by atoms with Crippen LogP contribution in [0.3, 0.4) is 0 Å². The number of carbonyl (C=O) groups excluding carboxylic acids is 4. The van der Waals surface area contributed by atoms with Gasteiger partial charge in [0.2, 0.25) is 11.8 Å². The van der Waals surface area contributed by atoms with E-state index in [0.717, 1.165) is 16.6 Å². The van der Waals surface area contributed by atoms with Gasteiger partial charge in [0.25, 0.3) is 0 Å². The highest BCUT2D eigenvalue weighted by atomic mass is 79.9. The lowest BCUT2D eigenvalue weighted by Crippen LogP contribution is -2.28. The predicted molar refractivity (Wildman–Crippen MR) is 140 cm³/mol. The molecule has 1 fully saturated rings. The van der Waals surface area contributed by atoms with Crippen LogP contribution in [0.4, 0.5) is 11.4 Å². The van der Waals surface area contributed by atoms with Crippen LogP contribution in [0.15, 0.2) is 77.3 Å². The number of esters is 1. The second-order valence-corrected chi connectivity index (χ2v) is 9.41. The van der Waals surface area contributed by atoms with Crippen molar-refractivity contribution in [2.45, 2.75) is 19.8 Å². The van der Waals surface area contributed by atoms with E-state index in [9.17, 15) is 19.2 Å². The van der Waals surface area contributed by atoms with Crippen LogP contribution < -0.4 is 10.2 Å². The third-order valence-corrected chi connectivity index (χ3v) is 6.57. The molecule has 0 radical (unpaired) electrons. The Labute approximate surface area is 217 Å². The minimum atomic E-state index is -0.635. The Morgan fingerprint density at radius 2 is 1.58 bits per heavy atom. The van der Waals surface area contributed by atoms with Gasteiger partial charge in [-0.1, -0.05) is 47.1 Å². The number of nitrogens with zero attached hydrogens (tertiary/aromatic N) is 1. The summed E-state index contributed by atoms with van der Waals surface area (Å²) >= 11 is 3.31. The Bertz CT molecular complexity index is 1270. The number of halogens is 1. The number of hydrogen-bond acceptors (Lipinski definition) is 5. The molecule has 0 bridgehead atoms. The molecule has 0 aromatic heterocycles. The molecule has 0 spiro atoms. The molecule has 0 aliphatic carbocycles. The first-order valence-corrected chi connectivity index (χ1v) is 12.4. The summed E-state index contributed by atoms with van der Waals surface area (Å²) in [5, 5.41) is 2.81. The fraction of sp³-hybridized carbons (Fsp3) is 0.214. The Hall–Kier alpha value is -3.78. The zero-order valence-corrected chi connectivity index (χ0v) is 21.3. The molecule has 1 atom stereocenters. The van der Waals surface area contributed by atoms with Crippen molar-refractivity contribution in [3.05, 3.63) is 94.0 Å². The fourth-order valence-corrected chi connectivity index (χ4v) is 4.18. The zero-order valence-electron chi connectivity index (χ0n) is 19.7. The van der Waals surface area contributed by atoms with Crippen LogP contribution in [0, 0.1) is 5.92 Å². The average Bonchev–Trinajstić information content (AvgIpc) is 3.29. The van der Waals surface area contributed by atoms with Crippen molar-refractivity contribution in [2.24, 2.45) is 5.92 Å². The predicted octanol–water partition coefficient (Wildman–Crippen LogP) is 5.04. The molecule has 1 N–H and O–H groups in total. The molecule has 36 heavy (non-hydrogen) atoms. The molecule has 0 unspecified atom stereocenters. The minimum absolute atomic E-state index is 0.0878. The summed E-state index contributed by atoms with van der Waals surface area (Å²) in [6.07, 6.45) is 1.05. The summed E-state index contributed by atoms with van der Waals surface area (Å²) in [6.45, 7) is 2.01. The quantitative estimate of drug-likeness (QED) is 0.314. The van der Waals surface area contributed by atoms with Crippen LogP contribution in [0.5, 0.6) is 0 Å². The molecule has 1 heterocycles. The van der Waals surface area contributed by atoms with E-state index >= 15 is 0 Å². The first kappa shape index (κ1) is 25.3. The Balaban J connectivity index is 1.29. The van der Waals surface area contributed by atoms with Crippen molar-refractivity contribution in [2.75, 3.05) is 23.4 Å². The van der Waals surface area contributed by atoms with Crippen LogP contribution in [-0.4, -0.2) is 36.7 Å². The maximum atomic E-state index is 12.8. The number of carbonyl (C=O) groups is 4. The number of nitrogens with one attached hydrogen (secondary N) is 1. The zero-order chi connectivity index (χ0) is 25.7. The SMILES string of the molecule is CCc1ccc(N2C[C@@H](C(=O)Nc3ccc(C(=O)OCC(=O)c4ccc(Br)cc4)cc3)CC2=O)cc1. The highest BCUT2D eigenvalue weighted by Crippen LogP contribution is 2.26. The molecular formula is C28H25BrN2O5. The van der Waals surface area contributed by atoms with Gasteiger partial charge >= 0.3 is 5.97 Å². The van der Waals surface area contributed by atoms with Gasteiger partial charge in [-0.3, -0.25) is 14.4 Å². The molecule has 7 nitrogen and oxygen atoms in total. The van der Waals surface area contributed by atoms with Crippen molar-refractivity contribution < 1.29 is 23.9 Å². The lowest BCUT2D eigenvalue weighted by Gasteiger charge is -2.17. The normalized spacial score (nSPS) is 15.0. The van der Waals surface area contributed by atoms with Gasteiger partial charge in [-0.25, -0.2) is 4.79 Å². The maximum absolute atomic E-state index is 12.8. The van der Waals surface area contributed by atoms with Gasteiger partial charge in [-0.15, -0.1) is 0 Å². The number of Topliss-reactive ketones (excluding diaryl/α,β-unsaturated/α-hetero) is 1. The van der Waals surface area contributed by atoms with Gasteiger partial charge < -0.3 is 15.0 Å². The van der Waals surface area contributed by atoms with Gasteiger partial charge in [-0.05, 0) is 60.5 Å². The van der Waals surface area contributed by atoms with Crippen molar-refractivity contribution in [1.29, 1.82) is 0 Å². The van der Waals surface area contributed by atoms with Crippen molar-refractivity contribution in [3.63, 3.8) is 0 Å². The van der Waals surface area contributed by atoms with E-state index in [1.165, 1.54) is 17.7 Å².